The Kier molecular flexibility index (Phi) is 5.10. The molecule has 1 heterocycles. The number of nitrogens with zero attached hydrogens (tertiary/aromatic N) is 2. The topological polar surface area (TPSA) is 53.8 Å². The van der Waals surface area contributed by atoms with Gasteiger partial charge in [-0.15, -0.1) is 11.3 Å². The van der Waals surface area contributed by atoms with Crippen LogP contribution in [0.15, 0.2) is 18.2 Å². The highest BCUT2D eigenvalue weighted by atomic mass is 32.1. The fourth-order valence-electron chi connectivity index (χ4n) is 2.30. The minimum Gasteiger partial charge on any atom is -0.293 e. The van der Waals surface area contributed by atoms with E-state index >= 15 is 0 Å². The minimum absolute atomic E-state index is 0.00606. The van der Waals surface area contributed by atoms with Crippen molar-refractivity contribution in [3.63, 3.8) is 0 Å². The van der Waals surface area contributed by atoms with Crippen molar-refractivity contribution in [3.8, 4) is 16.6 Å². The molecule has 1 atom stereocenters. The number of Topliss-reactive ketones (excluding diaryl/α,β-unsaturated/α-hetero) is 1. The highest BCUT2D eigenvalue weighted by molar-refractivity contribution is 7.17. The zero-order valence-corrected chi connectivity index (χ0v) is 14.3. The van der Waals surface area contributed by atoms with Crippen LogP contribution < -0.4 is 0 Å². The maximum Gasteiger partial charge on any atom is 0.177 e. The molecular weight excluding hydrogens is 292 g/mol. The molecule has 0 fully saturated rings. The van der Waals surface area contributed by atoms with Gasteiger partial charge in [-0.1, -0.05) is 39.0 Å². The van der Waals surface area contributed by atoms with Crippen LogP contribution in [-0.4, -0.2) is 10.8 Å². The van der Waals surface area contributed by atoms with E-state index in [1.54, 1.807) is 0 Å². The molecule has 0 saturated heterocycles. The lowest BCUT2D eigenvalue weighted by Gasteiger charge is -2.05. The molecule has 0 saturated carbocycles. The van der Waals surface area contributed by atoms with Gasteiger partial charge in [0.05, 0.1) is 16.1 Å². The number of aryl methyl sites for hydroxylation is 2. The third kappa shape index (κ3) is 2.95. The number of benzene rings is 1. The van der Waals surface area contributed by atoms with Crippen molar-refractivity contribution in [2.75, 3.05) is 0 Å². The van der Waals surface area contributed by atoms with Crippen LogP contribution in [0.3, 0.4) is 0 Å². The predicted octanol–water partition coefficient (Wildman–Crippen LogP) is 4.78. The second-order valence-corrected chi connectivity index (χ2v) is 6.43. The largest absolute Gasteiger partial charge is 0.293 e. The highest BCUT2D eigenvalue weighted by Gasteiger charge is 2.22. The summed E-state index contributed by atoms with van der Waals surface area (Å²) in [5.74, 6) is 0.167. The Morgan fingerprint density at radius 1 is 1.41 bits per heavy atom. The molecule has 4 heteroatoms. The third-order valence-corrected chi connectivity index (χ3v) is 5.08. The van der Waals surface area contributed by atoms with Gasteiger partial charge in [0.25, 0.3) is 0 Å². The molecule has 22 heavy (non-hydrogen) atoms. The van der Waals surface area contributed by atoms with Crippen LogP contribution in [0.5, 0.6) is 0 Å². The minimum atomic E-state index is 0.00606. The standard InChI is InChI=1S/C18H20N2OS/c1-5-11(3)16(21)17-15(6-2)20-18(22-17)13-9-7-8-12(4)14(13)10-19/h7-9,11H,5-6H2,1-4H3. The van der Waals surface area contributed by atoms with E-state index in [9.17, 15) is 10.1 Å². The summed E-state index contributed by atoms with van der Waals surface area (Å²) >= 11 is 1.42. The van der Waals surface area contributed by atoms with Gasteiger partial charge in [0.1, 0.15) is 11.1 Å². The maximum absolute atomic E-state index is 12.5. The zero-order chi connectivity index (χ0) is 16.3. The Balaban J connectivity index is 2.56. The Morgan fingerprint density at radius 2 is 2.14 bits per heavy atom. The molecule has 0 radical (unpaired) electrons. The number of hydrogen-bond donors (Lipinski definition) is 0. The Labute approximate surface area is 135 Å². The monoisotopic (exact) mass is 312 g/mol. The van der Waals surface area contributed by atoms with Crippen molar-refractivity contribution in [2.24, 2.45) is 5.92 Å². The number of ketones is 1. The van der Waals surface area contributed by atoms with Gasteiger partial charge in [-0.2, -0.15) is 5.26 Å². The fourth-order valence-corrected chi connectivity index (χ4v) is 3.54. The Morgan fingerprint density at radius 3 is 2.73 bits per heavy atom. The summed E-state index contributed by atoms with van der Waals surface area (Å²) in [6, 6.07) is 8.00. The SMILES string of the molecule is CCc1nc(-c2cccc(C)c2C#N)sc1C(=O)C(C)CC. The van der Waals surface area contributed by atoms with Gasteiger partial charge < -0.3 is 0 Å². The second-order valence-electron chi connectivity index (χ2n) is 5.43. The Bertz CT molecular complexity index is 740. The maximum atomic E-state index is 12.5. The first-order valence-electron chi connectivity index (χ1n) is 7.57. The van der Waals surface area contributed by atoms with Gasteiger partial charge in [0.15, 0.2) is 5.78 Å². The van der Waals surface area contributed by atoms with Crippen molar-refractivity contribution in [3.05, 3.63) is 39.9 Å². The predicted molar refractivity (Wildman–Crippen MR) is 90.2 cm³/mol. The fraction of sp³-hybridized carbons (Fsp3) is 0.389. The molecule has 0 spiro atoms. The number of thiazole rings is 1. The van der Waals surface area contributed by atoms with Gasteiger partial charge in [-0.3, -0.25) is 4.79 Å². The molecule has 1 unspecified atom stereocenters. The van der Waals surface area contributed by atoms with Crippen LogP contribution in [0.4, 0.5) is 0 Å². The van der Waals surface area contributed by atoms with Crippen LogP contribution in [0, 0.1) is 24.2 Å². The highest BCUT2D eigenvalue weighted by Crippen LogP contribution is 2.33. The number of hydrogen-bond acceptors (Lipinski definition) is 4. The first-order chi connectivity index (χ1) is 10.5. The lowest BCUT2D eigenvalue weighted by Crippen LogP contribution is -2.10. The number of carbonyl (C=O) groups excluding carboxylic acids is 1. The summed E-state index contributed by atoms with van der Waals surface area (Å²) in [5, 5.41) is 10.2. The van der Waals surface area contributed by atoms with Crippen molar-refractivity contribution in [1.82, 2.24) is 4.98 Å². The summed E-state index contributed by atoms with van der Waals surface area (Å²) in [4.78, 5) is 17.9. The summed E-state index contributed by atoms with van der Waals surface area (Å²) in [5.41, 5.74) is 3.24. The molecule has 2 rings (SSSR count). The van der Waals surface area contributed by atoms with E-state index in [0.717, 1.165) is 39.5 Å². The molecule has 0 aliphatic rings. The molecule has 1 aromatic carbocycles. The van der Waals surface area contributed by atoms with Gasteiger partial charge in [0.2, 0.25) is 0 Å². The number of aromatic nitrogens is 1. The Hall–Kier alpha value is -1.99. The summed E-state index contributed by atoms with van der Waals surface area (Å²) in [6.07, 6.45) is 1.55. The first-order valence-corrected chi connectivity index (χ1v) is 8.39. The molecular formula is C18H20N2OS. The van der Waals surface area contributed by atoms with Crippen LogP contribution in [0.1, 0.15) is 53.7 Å². The van der Waals surface area contributed by atoms with Crippen molar-refractivity contribution >= 4 is 17.1 Å². The van der Waals surface area contributed by atoms with Crippen LogP contribution >= 0.6 is 11.3 Å². The van der Waals surface area contributed by atoms with Crippen LogP contribution in [-0.2, 0) is 6.42 Å². The number of nitriles is 1. The van der Waals surface area contributed by atoms with E-state index in [-0.39, 0.29) is 11.7 Å². The van der Waals surface area contributed by atoms with Gasteiger partial charge >= 0.3 is 0 Å². The smallest absolute Gasteiger partial charge is 0.177 e. The number of rotatable bonds is 5. The average molecular weight is 312 g/mol. The van der Waals surface area contributed by atoms with Crippen molar-refractivity contribution in [2.45, 2.75) is 40.5 Å². The van der Waals surface area contributed by atoms with E-state index in [4.69, 9.17) is 0 Å². The lowest BCUT2D eigenvalue weighted by molar-refractivity contribution is 0.0930. The second kappa shape index (κ2) is 6.85. The molecule has 0 aliphatic heterocycles. The van der Waals surface area contributed by atoms with E-state index < -0.39 is 0 Å². The van der Waals surface area contributed by atoms with E-state index in [0.29, 0.717) is 5.56 Å². The molecule has 0 N–H and O–H groups in total. The summed E-state index contributed by atoms with van der Waals surface area (Å²) in [7, 11) is 0. The average Bonchev–Trinajstić information content (AvgIpc) is 2.97. The van der Waals surface area contributed by atoms with Crippen LogP contribution in [0.2, 0.25) is 0 Å². The molecule has 0 bridgehead atoms. The van der Waals surface area contributed by atoms with Gasteiger partial charge in [-0.25, -0.2) is 4.98 Å². The van der Waals surface area contributed by atoms with Gasteiger partial charge in [-0.05, 0) is 25.3 Å². The third-order valence-electron chi connectivity index (χ3n) is 3.93. The quantitative estimate of drug-likeness (QED) is 0.746. The van der Waals surface area contributed by atoms with Crippen molar-refractivity contribution in [1.29, 1.82) is 5.26 Å². The van der Waals surface area contributed by atoms with Crippen LogP contribution in [0.25, 0.3) is 10.6 Å². The summed E-state index contributed by atoms with van der Waals surface area (Å²) in [6.45, 7) is 7.90. The molecule has 0 amide bonds. The van der Waals surface area contributed by atoms with E-state index in [1.807, 2.05) is 45.9 Å². The molecule has 0 aliphatic carbocycles. The van der Waals surface area contributed by atoms with E-state index in [1.165, 1.54) is 11.3 Å². The first kappa shape index (κ1) is 16.4. The molecule has 1 aromatic heterocycles. The van der Waals surface area contributed by atoms with E-state index in [2.05, 4.69) is 11.1 Å². The normalized spacial score (nSPS) is 12.0. The lowest BCUT2D eigenvalue weighted by atomic mass is 10.0. The van der Waals surface area contributed by atoms with Crippen molar-refractivity contribution < 1.29 is 4.79 Å². The number of carbonyl (C=O) groups is 1. The zero-order valence-electron chi connectivity index (χ0n) is 13.4. The molecule has 2 aromatic rings. The van der Waals surface area contributed by atoms with Gasteiger partial charge in [0, 0.05) is 11.5 Å². The molecule has 114 valence electrons. The summed E-state index contributed by atoms with van der Waals surface area (Å²) < 4.78 is 0. The molecule has 3 nitrogen and oxygen atoms in total.